The second-order valence-corrected chi connectivity index (χ2v) is 6.46. The number of benzene rings is 1. The lowest BCUT2D eigenvalue weighted by Crippen LogP contribution is -2.55. The van der Waals surface area contributed by atoms with Crippen molar-refractivity contribution in [1.29, 1.82) is 0 Å². The van der Waals surface area contributed by atoms with Crippen LogP contribution in [0.25, 0.3) is 0 Å². The van der Waals surface area contributed by atoms with Crippen molar-refractivity contribution in [2.24, 2.45) is 0 Å². The zero-order valence-electron chi connectivity index (χ0n) is 12.4. The van der Waals surface area contributed by atoms with Gasteiger partial charge in [0.2, 0.25) is 0 Å². The van der Waals surface area contributed by atoms with Gasteiger partial charge in [-0.3, -0.25) is 0 Å². The summed E-state index contributed by atoms with van der Waals surface area (Å²) in [6, 6.07) is 4.20. The van der Waals surface area contributed by atoms with E-state index in [2.05, 4.69) is 0 Å². The third-order valence-corrected chi connectivity index (χ3v) is 3.34. The van der Waals surface area contributed by atoms with Crippen molar-refractivity contribution in [3.05, 3.63) is 34.6 Å². The number of carbonyl (C=O) groups excluding carboxylic acids is 1. The number of halogens is 2. The van der Waals surface area contributed by atoms with E-state index in [1.54, 1.807) is 11.0 Å². The van der Waals surface area contributed by atoms with Gasteiger partial charge in [0.05, 0.1) is 25.8 Å². The first-order valence-corrected chi connectivity index (χ1v) is 7.16. The summed E-state index contributed by atoms with van der Waals surface area (Å²) in [5, 5.41) is 0.346. The van der Waals surface area contributed by atoms with Gasteiger partial charge in [-0.1, -0.05) is 17.7 Å². The van der Waals surface area contributed by atoms with Gasteiger partial charge in [0.1, 0.15) is 11.4 Å². The summed E-state index contributed by atoms with van der Waals surface area (Å²) in [4.78, 5) is 13.3. The molecule has 1 saturated heterocycles. The smallest absolute Gasteiger partial charge is 0.410 e. The fourth-order valence-corrected chi connectivity index (χ4v) is 2.09. The van der Waals surface area contributed by atoms with E-state index in [4.69, 9.17) is 21.1 Å². The molecule has 0 radical (unpaired) electrons. The summed E-state index contributed by atoms with van der Waals surface area (Å²) in [5.74, 6) is -0.372. The highest BCUT2D eigenvalue weighted by Gasteiger charge is 2.34. The molecule has 21 heavy (non-hydrogen) atoms. The van der Waals surface area contributed by atoms with E-state index in [-0.39, 0.29) is 18.0 Å². The molecule has 1 heterocycles. The van der Waals surface area contributed by atoms with Gasteiger partial charge in [-0.05, 0) is 38.5 Å². The van der Waals surface area contributed by atoms with Crippen LogP contribution in [0, 0.1) is 5.82 Å². The van der Waals surface area contributed by atoms with Crippen LogP contribution in [0.1, 0.15) is 26.3 Å². The molecule has 1 amide bonds. The first-order chi connectivity index (χ1) is 9.74. The number of carbonyl (C=O) groups is 1. The highest BCUT2D eigenvalue weighted by molar-refractivity contribution is 6.31. The largest absolute Gasteiger partial charge is 0.444 e. The maximum absolute atomic E-state index is 12.9. The Kier molecular flexibility index (Phi) is 4.74. The van der Waals surface area contributed by atoms with Crippen LogP contribution < -0.4 is 0 Å². The van der Waals surface area contributed by atoms with Gasteiger partial charge < -0.3 is 14.4 Å². The van der Waals surface area contributed by atoms with Crippen molar-refractivity contribution < 1.29 is 18.7 Å². The van der Waals surface area contributed by atoms with Crippen LogP contribution in [0.2, 0.25) is 5.02 Å². The Morgan fingerprint density at radius 3 is 2.67 bits per heavy atom. The summed E-state index contributed by atoms with van der Waals surface area (Å²) in [5.41, 5.74) is 0.235. The van der Waals surface area contributed by atoms with Crippen LogP contribution in [0.3, 0.4) is 0 Å². The lowest BCUT2D eigenvalue weighted by atomic mass is 10.1. The van der Waals surface area contributed by atoms with Gasteiger partial charge in [0, 0.05) is 5.02 Å². The third kappa shape index (κ3) is 4.58. The maximum Gasteiger partial charge on any atom is 0.410 e. The molecule has 1 aromatic carbocycles. The topological polar surface area (TPSA) is 38.8 Å². The lowest BCUT2D eigenvalue weighted by molar-refractivity contribution is -0.0691. The number of likely N-dealkylation sites (tertiary alicyclic amines) is 1. The van der Waals surface area contributed by atoms with E-state index < -0.39 is 5.60 Å². The van der Waals surface area contributed by atoms with Gasteiger partial charge in [-0.25, -0.2) is 9.18 Å². The number of ether oxygens (including phenoxy) is 2. The van der Waals surface area contributed by atoms with Gasteiger partial charge in [-0.2, -0.15) is 0 Å². The molecule has 0 atom stereocenters. The van der Waals surface area contributed by atoms with E-state index in [1.807, 2.05) is 20.8 Å². The van der Waals surface area contributed by atoms with Crippen molar-refractivity contribution in [1.82, 2.24) is 4.90 Å². The SMILES string of the molecule is CC(C)(C)OC(=O)N1CC(OCc2ccc(F)cc2Cl)C1. The number of hydrogen-bond acceptors (Lipinski definition) is 3. The zero-order valence-corrected chi connectivity index (χ0v) is 13.1. The molecule has 2 rings (SSSR count). The third-order valence-electron chi connectivity index (χ3n) is 2.99. The minimum atomic E-state index is -0.495. The molecule has 0 bridgehead atoms. The Labute approximate surface area is 128 Å². The molecule has 1 fully saturated rings. The molecule has 0 N–H and O–H groups in total. The maximum atomic E-state index is 12.9. The summed E-state index contributed by atoms with van der Waals surface area (Å²) in [6.07, 6.45) is -0.374. The molecule has 0 unspecified atom stereocenters. The van der Waals surface area contributed by atoms with E-state index in [9.17, 15) is 9.18 Å². The van der Waals surface area contributed by atoms with Crippen molar-refractivity contribution in [2.75, 3.05) is 13.1 Å². The monoisotopic (exact) mass is 315 g/mol. The predicted molar refractivity (Wildman–Crippen MR) is 77.8 cm³/mol. The Hall–Kier alpha value is -1.33. The summed E-state index contributed by atoms with van der Waals surface area (Å²) in [7, 11) is 0. The number of rotatable bonds is 3. The first kappa shape index (κ1) is 16.0. The van der Waals surface area contributed by atoms with Crippen molar-refractivity contribution >= 4 is 17.7 Å². The predicted octanol–water partition coefficient (Wildman–Crippen LogP) is 3.62. The van der Waals surface area contributed by atoms with E-state index >= 15 is 0 Å². The molecule has 1 aromatic rings. The van der Waals surface area contributed by atoms with E-state index in [0.717, 1.165) is 5.56 Å². The number of amides is 1. The lowest BCUT2D eigenvalue weighted by Gasteiger charge is -2.39. The second-order valence-electron chi connectivity index (χ2n) is 6.05. The molecule has 116 valence electrons. The fourth-order valence-electron chi connectivity index (χ4n) is 1.87. The molecule has 1 aliphatic heterocycles. The average molecular weight is 316 g/mol. The molecule has 0 aliphatic carbocycles. The summed E-state index contributed by atoms with van der Waals surface area (Å²) in [6.45, 7) is 6.77. The van der Waals surface area contributed by atoms with Crippen LogP contribution in [0.5, 0.6) is 0 Å². The van der Waals surface area contributed by atoms with Crippen LogP contribution in [-0.4, -0.2) is 35.8 Å². The van der Waals surface area contributed by atoms with Crippen LogP contribution in [-0.2, 0) is 16.1 Å². The molecule has 0 saturated carbocycles. The molecular formula is C15H19ClFNO3. The molecule has 0 aromatic heterocycles. The standard InChI is InChI=1S/C15H19ClFNO3/c1-15(2,3)21-14(19)18-7-12(8-18)20-9-10-4-5-11(17)6-13(10)16/h4-6,12H,7-9H2,1-3H3. The van der Waals surface area contributed by atoms with Gasteiger partial charge in [0.15, 0.2) is 0 Å². The van der Waals surface area contributed by atoms with Crippen molar-refractivity contribution in [2.45, 2.75) is 39.1 Å². The number of hydrogen-bond donors (Lipinski definition) is 0. The first-order valence-electron chi connectivity index (χ1n) is 6.78. The zero-order chi connectivity index (χ0) is 15.6. The van der Waals surface area contributed by atoms with E-state index in [0.29, 0.717) is 24.7 Å². The van der Waals surface area contributed by atoms with Crippen molar-refractivity contribution in [3.63, 3.8) is 0 Å². The Bertz CT molecular complexity index is 524. The van der Waals surface area contributed by atoms with Gasteiger partial charge in [0.25, 0.3) is 0 Å². The van der Waals surface area contributed by atoms with Gasteiger partial charge >= 0.3 is 6.09 Å². The summed E-state index contributed by atoms with van der Waals surface area (Å²) < 4.78 is 23.8. The van der Waals surface area contributed by atoms with Crippen LogP contribution >= 0.6 is 11.6 Å². The average Bonchev–Trinajstić information content (AvgIpc) is 2.27. The molecule has 6 heteroatoms. The highest BCUT2D eigenvalue weighted by atomic mass is 35.5. The normalized spacial score (nSPS) is 15.8. The highest BCUT2D eigenvalue weighted by Crippen LogP contribution is 2.21. The summed E-state index contributed by atoms with van der Waals surface area (Å²) >= 11 is 5.92. The fraction of sp³-hybridized carbons (Fsp3) is 0.533. The molecule has 4 nitrogen and oxygen atoms in total. The van der Waals surface area contributed by atoms with Gasteiger partial charge in [-0.15, -0.1) is 0 Å². The quantitative estimate of drug-likeness (QED) is 0.855. The Morgan fingerprint density at radius 2 is 2.10 bits per heavy atom. The van der Waals surface area contributed by atoms with Crippen LogP contribution in [0.4, 0.5) is 9.18 Å². The van der Waals surface area contributed by atoms with Crippen LogP contribution in [0.15, 0.2) is 18.2 Å². The Balaban J connectivity index is 1.75. The molecular weight excluding hydrogens is 297 g/mol. The minimum Gasteiger partial charge on any atom is -0.444 e. The van der Waals surface area contributed by atoms with Crippen molar-refractivity contribution in [3.8, 4) is 0 Å². The Morgan fingerprint density at radius 1 is 1.43 bits per heavy atom. The van der Waals surface area contributed by atoms with E-state index in [1.165, 1.54) is 12.1 Å². The second kappa shape index (κ2) is 6.20. The molecule has 0 spiro atoms. The number of nitrogens with zero attached hydrogens (tertiary/aromatic N) is 1. The minimum absolute atomic E-state index is 0.0429. The molecule has 1 aliphatic rings.